The summed E-state index contributed by atoms with van der Waals surface area (Å²) in [7, 11) is 0. The fourth-order valence-corrected chi connectivity index (χ4v) is 1.96. The first kappa shape index (κ1) is 15.4. The van der Waals surface area contributed by atoms with E-state index < -0.39 is 11.7 Å². The molecule has 0 aromatic heterocycles. The van der Waals surface area contributed by atoms with E-state index in [1.54, 1.807) is 0 Å². The monoisotopic (exact) mass is 295 g/mol. The predicted octanol–water partition coefficient (Wildman–Crippen LogP) is 3.83. The molecule has 2 N–H and O–H groups in total. The van der Waals surface area contributed by atoms with Crippen molar-refractivity contribution in [2.45, 2.75) is 12.1 Å². The minimum atomic E-state index is -4.33. The maximum absolute atomic E-state index is 12.5. The van der Waals surface area contributed by atoms with Crippen molar-refractivity contribution in [2.75, 3.05) is 13.2 Å². The van der Waals surface area contributed by atoms with Gasteiger partial charge in [0.15, 0.2) is 0 Å². The molecule has 0 saturated heterocycles. The van der Waals surface area contributed by atoms with Crippen LogP contribution in [0.1, 0.15) is 17.0 Å². The third-order valence-corrected chi connectivity index (χ3v) is 3.19. The van der Waals surface area contributed by atoms with Gasteiger partial charge in [-0.1, -0.05) is 30.3 Å². The molecule has 2 aromatic rings. The topological polar surface area (TPSA) is 35.2 Å². The van der Waals surface area contributed by atoms with Crippen LogP contribution in [0.5, 0.6) is 5.75 Å². The summed E-state index contributed by atoms with van der Waals surface area (Å²) in [6.45, 7) is 0.733. The standard InChI is InChI=1S/C16H16F3NO/c17-16(18,19)14-6-8-15(9-7-14)21-11-13(10-20)12-4-2-1-3-5-12/h1-9,13H,10-11,20H2. The molecule has 1 unspecified atom stereocenters. The van der Waals surface area contributed by atoms with Gasteiger partial charge in [-0.05, 0) is 29.8 Å². The van der Waals surface area contributed by atoms with Gasteiger partial charge >= 0.3 is 6.18 Å². The van der Waals surface area contributed by atoms with E-state index in [4.69, 9.17) is 10.5 Å². The summed E-state index contributed by atoms with van der Waals surface area (Å²) in [5.74, 6) is 0.408. The molecule has 0 aliphatic carbocycles. The second-order valence-corrected chi connectivity index (χ2v) is 4.68. The van der Waals surface area contributed by atoms with Crippen molar-refractivity contribution in [3.63, 3.8) is 0 Å². The van der Waals surface area contributed by atoms with Crippen molar-refractivity contribution in [3.8, 4) is 5.75 Å². The lowest BCUT2D eigenvalue weighted by Gasteiger charge is -2.16. The summed E-state index contributed by atoms with van der Waals surface area (Å²) in [5.41, 5.74) is 6.08. The molecule has 21 heavy (non-hydrogen) atoms. The average Bonchev–Trinajstić information content (AvgIpc) is 2.48. The van der Waals surface area contributed by atoms with Gasteiger partial charge in [0.05, 0.1) is 12.2 Å². The Morgan fingerprint density at radius 3 is 2.10 bits per heavy atom. The lowest BCUT2D eigenvalue weighted by atomic mass is 10.0. The molecule has 0 aliphatic rings. The predicted molar refractivity (Wildman–Crippen MR) is 75.2 cm³/mol. The van der Waals surface area contributed by atoms with Gasteiger partial charge in [-0.25, -0.2) is 0 Å². The van der Waals surface area contributed by atoms with Crippen LogP contribution >= 0.6 is 0 Å². The number of alkyl halides is 3. The summed E-state index contributed by atoms with van der Waals surface area (Å²) in [6.07, 6.45) is -4.33. The Morgan fingerprint density at radius 2 is 1.57 bits per heavy atom. The molecule has 2 rings (SSSR count). The number of hydrogen-bond acceptors (Lipinski definition) is 2. The van der Waals surface area contributed by atoms with Crippen LogP contribution in [0.15, 0.2) is 54.6 Å². The van der Waals surface area contributed by atoms with E-state index in [9.17, 15) is 13.2 Å². The largest absolute Gasteiger partial charge is 0.493 e. The van der Waals surface area contributed by atoms with Crippen molar-refractivity contribution >= 4 is 0 Å². The fraction of sp³-hybridized carbons (Fsp3) is 0.250. The highest BCUT2D eigenvalue weighted by Crippen LogP contribution is 2.30. The van der Waals surface area contributed by atoms with Crippen molar-refractivity contribution in [2.24, 2.45) is 5.73 Å². The molecule has 0 fully saturated rings. The molecular weight excluding hydrogens is 279 g/mol. The van der Waals surface area contributed by atoms with E-state index in [2.05, 4.69) is 0 Å². The molecule has 2 nitrogen and oxygen atoms in total. The molecule has 0 aliphatic heterocycles. The first-order valence-electron chi connectivity index (χ1n) is 6.56. The Bertz CT molecular complexity index is 552. The maximum Gasteiger partial charge on any atom is 0.416 e. The number of nitrogens with two attached hydrogens (primary N) is 1. The third kappa shape index (κ3) is 4.23. The molecule has 1 atom stereocenters. The van der Waals surface area contributed by atoms with Crippen LogP contribution in [0.2, 0.25) is 0 Å². The molecule has 2 aromatic carbocycles. The lowest BCUT2D eigenvalue weighted by Crippen LogP contribution is -2.19. The van der Waals surface area contributed by atoms with E-state index in [0.717, 1.165) is 17.7 Å². The Labute approximate surface area is 121 Å². The van der Waals surface area contributed by atoms with Gasteiger partial charge in [0.25, 0.3) is 0 Å². The van der Waals surface area contributed by atoms with Crippen LogP contribution in [-0.2, 0) is 6.18 Å². The van der Waals surface area contributed by atoms with Gasteiger partial charge in [-0.3, -0.25) is 0 Å². The summed E-state index contributed by atoms with van der Waals surface area (Å²) in [6, 6.07) is 14.3. The average molecular weight is 295 g/mol. The third-order valence-electron chi connectivity index (χ3n) is 3.19. The van der Waals surface area contributed by atoms with Crippen LogP contribution in [0.4, 0.5) is 13.2 Å². The second kappa shape index (κ2) is 6.63. The Hall–Kier alpha value is -2.01. The SMILES string of the molecule is NCC(COc1ccc(C(F)(F)F)cc1)c1ccccc1. The van der Waals surface area contributed by atoms with Gasteiger partial charge < -0.3 is 10.5 Å². The van der Waals surface area contributed by atoms with Crippen molar-refractivity contribution in [3.05, 3.63) is 65.7 Å². The van der Waals surface area contributed by atoms with Crippen LogP contribution in [0, 0.1) is 0 Å². The normalized spacial score (nSPS) is 13.0. The maximum atomic E-state index is 12.5. The number of hydrogen-bond donors (Lipinski definition) is 1. The molecule has 0 saturated carbocycles. The molecule has 0 radical (unpaired) electrons. The van der Waals surface area contributed by atoms with Crippen LogP contribution in [-0.4, -0.2) is 13.2 Å². The van der Waals surface area contributed by atoms with Gasteiger partial charge in [0.2, 0.25) is 0 Å². The van der Waals surface area contributed by atoms with Crippen molar-refractivity contribution < 1.29 is 17.9 Å². The summed E-state index contributed by atoms with van der Waals surface area (Å²) in [5, 5.41) is 0. The van der Waals surface area contributed by atoms with Gasteiger partial charge in [-0.2, -0.15) is 13.2 Å². The van der Waals surface area contributed by atoms with Crippen molar-refractivity contribution in [1.29, 1.82) is 0 Å². The van der Waals surface area contributed by atoms with Gasteiger partial charge in [0.1, 0.15) is 5.75 Å². The van der Waals surface area contributed by atoms with Crippen LogP contribution < -0.4 is 10.5 Å². The molecule has 0 spiro atoms. The summed E-state index contributed by atoms with van der Waals surface area (Å²) in [4.78, 5) is 0. The zero-order valence-corrected chi connectivity index (χ0v) is 11.3. The first-order valence-corrected chi connectivity index (χ1v) is 6.56. The Kier molecular flexibility index (Phi) is 4.85. The highest BCUT2D eigenvalue weighted by Gasteiger charge is 2.30. The zero-order chi connectivity index (χ0) is 15.3. The number of ether oxygens (including phenoxy) is 1. The highest BCUT2D eigenvalue weighted by molar-refractivity contribution is 5.29. The number of benzene rings is 2. The molecule has 0 bridgehead atoms. The van der Waals surface area contributed by atoms with E-state index in [1.165, 1.54) is 12.1 Å². The smallest absolute Gasteiger partial charge is 0.416 e. The molecule has 0 amide bonds. The van der Waals surface area contributed by atoms with E-state index in [1.807, 2.05) is 30.3 Å². The van der Waals surface area contributed by atoms with E-state index in [-0.39, 0.29) is 5.92 Å². The van der Waals surface area contributed by atoms with Gasteiger partial charge in [-0.15, -0.1) is 0 Å². The number of halogens is 3. The Balaban J connectivity index is 1.99. The quantitative estimate of drug-likeness (QED) is 0.910. The van der Waals surface area contributed by atoms with Crippen LogP contribution in [0.25, 0.3) is 0 Å². The number of rotatable bonds is 5. The lowest BCUT2D eigenvalue weighted by molar-refractivity contribution is -0.137. The van der Waals surface area contributed by atoms with Crippen molar-refractivity contribution in [1.82, 2.24) is 0 Å². The fourth-order valence-electron chi connectivity index (χ4n) is 1.96. The minimum Gasteiger partial charge on any atom is -0.493 e. The molecule has 112 valence electrons. The Morgan fingerprint density at radius 1 is 0.952 bits per heavy atom. The van der Waals surface area contributed by atoms with E-state index >= 15 is 0 Å². The molecule has 0 heterocycles. The summed E-state index contributed by atoms with van der Waals surface area (Å²) >= 11 is 0. The van der Waals surface area contributed by atoms with E-state index in [0.29, 0.717) is 18.9 Å². The second-order valence-electron chi connectivity index (χ2n) is 4.68. The summed E-state index contributed by atoms with van der Waals surface area (Å²) < 4.78 is 42.9. The first-order chi connectivity index (χ1) is 10.0. The van der Waals surface area contributed by atoms with Crippen LogP contribution in [0.3, 0.4) is 0 Å². The molecule has 5 heteroatoms. The minimum absolute atomic E-state index is 0.00786. The zero-order valence-electron chi connectivity index (χ0n) is 11.3. The van der Waals surface area contributed by atoms with Gasteiger partial charge in [0, 0.05) is 12.5 Å². The highest BCUT2D eigenvalue weighted by atomic mass is 19.4. The molecular formula is C16H16F3NO.